The van der Waals surface area contributed by atoms with Crippen LogP contribution in [0.4, 0.5) is 0 Å². The number of hydrogen-bond donors (Lipinski definition) is 1. The van der Waals surface area contributed by atoms with Gasteiger partial charge in [-0.2, -0.15) is 0 Å². The summed E-state index contributed by atoms with van der Waals surface area (Å²) in [4.78, 5) is 0. The summed E-state index contributed by atoms with van der Waals surface area (Å²) < 4.78 is 5.43. The molecule has 1 aliphatic carbocycles. The Morgan fingerprint density at radius 3 is 2.25 bits per heavy atom. The van der Waals surface area contributed by atoms with Crippen molar-refractivity contribution in [2.24, 2.45) is 11.1 Å². The summed E-state index contributed by atoms with van der Waals surface area (Å²) in [5.41, 5.74) is 8.21. The Bertz CT molecular complexity index is 360. The molecule has 1 aromatic rings. The molecule has 1 spiro atoms. The highest BCUT2D eigenvalue weighted by molar-refractivity contribution is 5.29. The van der Waals surface area contributed by atoms with Crippen molar-refractivity contribution in [3.8, 4) is 0 Å². The summed E-state index contributed by atoms with van der Waals surface area (Å²) in [5.74, 6) is 0. The van der Waals surface area contributed by atoms with Gasteiger partial charge < -0.3 is 10.5 Å². The SMILES string of the molecule is NC1(c2ccccc2)CC2(CCOCC2)C1. The van der Waals surface area contributed by atoms with Gasteiger partial charge in [0.15, 0.2) is 0 Å². The van der Waals surface area contributed by atoms with Crippen LogP contribution in [0, 0.1) is 5.41 Å². The minimum atomic E-state index is -0.0708. The van der Waals surface area contributed by atoms with Gasteiger partial charge >= 0.3 is 0 Å². The highest BCUT2D eigenvalue weighted by Crippen LogP contribution is 2.57. The van der Waals surface area contributed by atoms with Gasteiger partial charge in [0.1, 0.15) is 0 Å². The van der Waals surface area contributed by atoms with Gasteiger partial charge in [-0.15, -0.1) is 0 Å². The lowest BCUT2D eigenvalue weighted by atomic mass is 9.52. The van der Waals surface area contributed by atoms with E-state index >= 15 is 0 Å². The molecule has 2 heteroatoms. The largest absolute Gasteiger partial charge is 0.381 e. The van der Waals surface area contributed by atoms with E-state index in [1.165, 1.54) is 18.4 Å². The molecule has 1 saturated heterocycles. The van der Waals surface area contributed by atoms with E-state index in [9.17, 15) is 0 Å². The molecule has 0 unspecified atom stereocenters. The highest BCUT2D eigenvalue weighted by atomic mass is 16.5. The molecule has 0 radical (unpaired) electrons. The molecule has 0 atom stereocenters. The fraction of sp³-hybridized carbons (Fsp3) is 0.571. The molecule has 16 heavy (non-hydrogen) atoms. The summed E-state index contributed by atoms with van der Waals surface area (Å²) in [6.45, 7) is 1.84. The number of hydrogen-bond acceptors (Lipinski definition) is 2. The highest BCUT2D eigenvalue weighted by Gasteiger charge is 2.53. The average Bonchev–Trinajstić information content (AvgIpc) is 2.30. The lowest BCUT2D eigenvalue weighted by Gasteiger charge is -2.56. The third-order valence-corrected chi connectivity index (χ3v) is 4.28. The maximum atomic E-state index is 6.49. The van der Waals surface area contributed by atoms with Crippen LogP contribution in [0.2, 0.25) is 0 Å². The van der Waals surface area contributed by atoms with E-state index in [4.69, 9.17) is 10.5 Å². The molecule has 2 nitrogen and oxygen atoms in total. The van der Waals surface area contributed by atoms with E-state index in [-0.39, 0.29) is 5.54 Å². The van der Waals surface area contributed by atoms with Gasteiger partial charge in [-0.05, 0) is 36.7 Å². The second kappa shape index (κ2) is 3.57. The quantitative estimate of drug-likeness (QED) is 0.784. The Morgan fingerprint density at radius 2 is 1.62 bits per heavy atom. The predicted molar refractivity (Wildman–Crippen MR) is 64.0 cm³/mol. The van der Waals surface area contributed by atoms with Crippen molar-refractivity contribution >= 4 is 0 Å². The molecule has 1 saturated carbocycles. The van der Waals surface area contributed by atoms with Crippen LogP contribution >= 0.6 is 0 Å². The Kier molecular flexibility index (Phi) is 2.30. The third kappa shape index (κ3) is 1.57. The number of rotatable bonds is 1. The van der Waals surface area contributed by atoms with Crippen LogP contribution in [0.5, 0.6) is 0 Å². The van der Waals surface area contributed by atoms with Gasteiger partial charge in [0.2, 0.25) is 0 Å². The maximum Gasteiger partial charge on any atom is 0.0471 e. The normalized spacial score (nSPS) is 26.3. The molecule has 86 valence electrons. The number of ether oxygens (including phenoxy) is 1. The number of nitrogens with two attached hydrogens (primary N) is 1. The van der Waals surface area contributed by atoms with Crippen molar-refractivity contribution in [3.63, 3.8) is 0 Å². The van der Waals surface area contributed by atoms with Gasteiger partial charge in [0, 0.05) is 18.8 Å². The van der Waals surface area contributed by atoms with Crippen LogP contribution in [0.1, 0.15) is 31.2 Å². The first-order chi connectivity index (χ1) is 7.73. The zero-order valence-electron chi connectivity index (χ0n) is 9.61. The van der Waals surface area contributed by atoms with Gasteiger partial charge in [-0.3, -0.25) is 0 Å². The molecule has 2 aliphatic rings. The first kappa shape index (κ1) is 10.3. The van der Waals surface area contributed by atoms with Crippen molar-refractivity contribution in [1.82, 2.24) is 0 Å². The van der Waals surface area contributed by atoms with E-state index in [0.717, 1.165) is 26.1 Å². The molecule has 3 rings (SSSR count). The summed E-state index contributed by atoms with van der Waals surface area (Å²) >= 11 is 0. The van der Waals surface area contributed by atoms with Crippen LogP contribution in [0.15, 0.2) is 30.3 Å². The zero-order valence-corrected chi connectivity index (χ0v) is 9.61. The molecule has 1 aromatic carbocycles. The Hall–Kier alpha value is -0.860. The van der Waals surface area contributed by atoms with Crippen molar-refractivity contribution in [3.05, 3.63) is 35.9 Å². The van der Waals surface area contributed by atoms with Gasteiger partial charge in [0.05, 0.1) is 0 Å². The van der Waals surface area contributed by atoms with Crippen molar-refractivity contribution in [2.75, 3.05) is 13.2 Å². The Labute approximate surface area is 96.8 Å². The Morgan fingerprint density at radius 1 is 1.00 bits per heavy atom. The van der Waals surface area contributed by atoms with Crippen LogP contribution in [0.3, 0.4) is 0 Å². The summed E-state index contributed by atoms with van der Waals surface area (Å²) in [7, 11) is 0. The first-order valence-electron chi connectivity index (χ1n) is 6.15. The van der Waals surface area contributed by atoms with E-state index in [0.29, 0.717) is 5.41 Å². The fourth-order valence-electron chi connectivity index (χ4n) is 3.42. The van der Waals surface area contributed by atoms with Gasteiger partial charge in [-0.1, -0.05) is 30.3 Å². The van der Waals surface area contributed by atoms with Gasteiger partial charge in [0.25, 0.3) is 0 Å². The first-order valence-corrected chi connectivity index (χ1v) is 6.15. The Balaban J connectivity index is 1.75. The molecule has 2 N–H and O–H groups in total. The van der Waals surface area contributed by atoms with Crippen LogP contribution in [-0.2, 0) is 10.3 Å². The molecule has 1 aliphatic heterocycles. The van der Waals surface area contributed by atoms with Crippen molar-refractivity contribution in [2.45, 2.75) is 31.2 Å². The maximum absolute atomic E-state index is 6.49. The van der Waals surface area contributed by atoms with Crippen LogP contribution < -0.4 is 5.73 Å². The second-order valence-corrected chi connectivity index (χ2v) is 5.49. The van der Waals surface area contributed by atoms with Gasteiger partial charge in [-0.25, -0.2) is 0 Å². The summed E-state index contributed by atoms with van der Waals surface area (Å²) in [6, 6.07) is 10.5. The molecule has 0 aromatic heterocycles. The molecule has 0 amide bonds. The van der Waals surface area contributed by atoms with E-state index in [1.807, 2.05) is 0 Å². The smallest absolute Gasteiger partial charge is 0.0471 e. The second-order valence-electron chi connectivity index (χ2n) is 5.49. The zero-order chi connectivity index (χ0) is 11.1. The molecular weight excluding hydrogens is 198 g/mol. The molecule has 0 bridgehead atoms. The van der Waals surface area contributed by atoms with E-state index in [1.54, 1.807) is 0 Å². The monoisotopic (exact) mass is 217 g/mol. The lowest BCUT2D eigenvalue weighted by molar-refractivity contribution is -0.0725. The average molecular weight is 217 g/mol. The molecule has 2 fully saturated rings. The van der Waals surface area contributed by atoms with E-state index in [2.05, 4.69) is 30.3 Å². The topological polar surface area (TPSA) is 35.2 Å². The lowest BCUT2D eigenvalue weighted by Crippen LogP contribution is -2.57. The summed E-state index contributed by atoms with van der Waals surface area (Å²) in [5, 5.41) is 0. The minimum absolute atomic E-state index is 0.0708. The summed E-state index contributed by atoms with van der Waals surface area (Å²) in [6.07, 6.45) is 4.65. The van der Waals surface area contributed by atoms with Crippen molar-refractivity contribution in [1.29, 1.82) is 0 Å². The standard InChI is InChI=1S/C14H19NO/c15-14(12-4-2-1-3-5-12)10-13(11-14)6-8-16-9-7-13/h1-5H,6-11,15H2. The molecule has 1 heterocycles. The predicted octanol–water partition coefficient (Wildman–Crippen LogP) is 2.43. The number of benzene rings is 1. The molecular formula is C14H19NO. The third-order valence-electron chi connectivity index (χ3n) is 4.28. The van der Waals surface area contributed by atoms with E-state index < -0.39 is 0 Å². The van der Waals surface area contributed by atoms with Crippen molar-refractivity contribution < 1.29 is 4.74 Å². The minimum Gasteiger partial charge on any atom is -0.381 e. The van der Waals surface area contributed by atoms with Crippen LogP contribution in [0.25, 0.3) is 0 Å². The fourth-order valence-corrected chi connectivity index (χ4v) is 3.42. The van der Waals surface area contributed by atoms with Crippen LogP contribution in [-0.4, -0.2) is 13.2 Å².